The van der Waals surface area contributed by atoms with Crippen LogP contribution in [0, 0.1) is 5.41 Å². The monoisotopic (exact) mass is 412 g/mol. The first-order valence-corrected chi connectivity index (χ1v) is 10.0. The Balaban J connectivity index is 1.48. The van der Waals surface area contributed by atoms with Gasteiger partial charge in [0, 0.05) is 22.5 Å². The number of aromatic nitrogens is 2. The van der Waals surface area contributed by atoms with Crippen molar-refractivity contribution in [3.63, 3.8) is 0 Å². The summed E-state index contributed by atoms with van der Waals surface area (Å²) < 4.78 is 7.26. The maximum absolute atomic E-state index is 8.41. The molecule has 8 heteroatoms. The number of nitrogens with one attached hydrogen (secondary N) is 1. The second-order valence-electron chi connectivity index (χ2n) is 5.97. The van der Waals surface area contributed by atoms with Gasteiger partial charge in [-0.1, -0.05) is 47.6 Å². The van der Waals surface area contributed by atoms with Crippen molar-refractivity contribution in [2.75, 3.05) is 13.2 Å². The quantitative estimate of drug-likeness (QED) is 0.476. The second-order valence-corrected chi connectivity index (χ2v) is 7.41. The lowest BCUT2D eigenvalue weighted by molar-refractivity contribution is 0.0676. The van der Waals surface area contributed by atoms with Gasteiger partial charge in [0.2, 0.25) is 0 Å². The summed E-state index contributed by atoms with van der Waals surface area (Å²) in [6.07, 6.45) is 1.92. The van der Waals surface area contributed by atoms with Crippen LogP contribution in [0.25, 0.3) is 5.69 Å². The highest BCUT2D eigenvalue weighted by Crippen LogP contribution is 2.25. The molecule has 4 rings (SSSR count). The van der Waals surface area contributed by atoms with E-state index in [0.717, 1.165) is 21.8 Å². The molecular weight excluding hydrogens is 396 g/mol. The second kappa shape index (κ2) is 8.50. The molecule has 0 fully saturated rings. The minimum Gasteiger partial charge on any atom is -0.470 e. The van der Waals surface area contributed by atoms with E-state index in [-0.39, 0.29) is 11.6 Å². The molecular formula is C20H17ClN4O2S. The van der Waals surface area contributed by atoms with Crippen molar-refractivity contribution in [1.82, 2.24) is 9.78 Å². The molecule has 0 bridgehead atoms. The summed E-state index contributed by atoms with van der Waals surface area (Å²) in [5.41, 5.74) is 2.96. The van der Waals surface area contributed by atoms with Crippen LogP contribution in [0.1, 0.15) is 11.1 Å². The molecule has 1 aliphatic heterocycles. The number of ether oxygens (including phenoxy) is 1. The molecule has 3 aromatic rings. The first kappa shape index (κ1) is 18.6. The van der Waals surface area contributed by atoms with Crippen molar-refractivity contribution >= 4 is 35.0 Å². The summed E-state index contributed by atoms with van der Waals surface area (Å²) in [5.74, 6) is 0.889. The fraction of sp³-hybridized carbons (Fsp3) is 0.150. The normalized spacial score (nSPS) is 13.4. The number of hydrogen-bond donors (Lipinski definition) is 1. The van der Waals surface area contributed by atoms with Crippen LogP contribution in [0.15, 0.2) is 71.0 Å². The highest BCUT2D eigenvalue weighted by Gasteiger charge is 2.18. The summed E-state index contributed by atoms with van der Waals surface area (Å²) in [7, 11) is 0. The van der Waals surface area contributed by atoms with Crippen LogP contribution >= 0.6 is 23.4 Å². The van der Waals surface area contributed by atoms with Gasteiger partial charge in [-0.25, -0.2) is 4.68 Å². The van der Waals surface area contributed by atoms with Crippen LogP contribution in [-0.4, -0.2) is 34.6 Å². The standard InChI is InChI=1S/C20H17ClN4O2S/c21-15-5-7-16(8-6-15)25-10-9-18(23-25)28-13-14-3-1-2-4-17(14)19(22)20-24-27-12-11-26-20/h1-10,22H,11-13H2. The number of hydrogen-bond acceptors (Lipinski definition) is 6. The van der Waals surface area contributed by atoms with E-state index in [1.54, 1.807) is 11.8 Å². The predicted octanol–water partition coefficient (Wildman–Crippen LogP) is 4.55. The van der Waals surface area contributed by atoms with Crippen LogP contribution in [0.5, 0.6) is 0 Å². The third-order valence-electron chi connectivity index (χ3n) is 4.09. The Morgan fingerprint density at radius 1 is 1.11 bits per heavy atom. The van der Waals surface area contributed by atoms with Gasteiger partial charge in [0.1, 0.15) is 17.3 Å². The lowest BCUT2D eigenvalue weighted by atomic mass is 10.0. The molecule has 2 heterocycles. The molecule has 1 aliphatic rings. The number of nitrogens with zero attached hydrogens (tertiary/aromatic N) is 3. The molecule has 2 aromatic carbocycles. The number of thioether (sulfide) groups is 1. The minimum absolute atomic E-state index is 0.218. The summed E-state index contributed by atoms with van der Waals surface area (Å²) in [6.45, 7) is 0.810. The van der Waals surface area contributed by atoms with Gasteiger partial charge in [0.15, 0.2) is 6.61 Å². The summed E-state index contributed by atoms with van der Waals surface area (Å²) in [5, 5.41) is 18.4. The molecule has 28 heavy (non-hydrogen) atoms. The Hall–Kier alpha value is -2.77. The molecule has 142 valence electrons. The molecule has 0 spiro atoms. The third kappa shape index (κ3) is 4.21. The van der Waals surface area contributed by atoms with Crippen LogP contribution < -0.4 is 0 Å². The van der Waals surface area contributed by atoms with Gasteiger partial charge in [-0.3, -0.25) is 5.41 Å². The fourth-order valence-corrected chi connectivity index (χ4v) is 3.69. The highest BCUT2D eigenvalue weighted by molar-refractivity contribution is 7.98. The SMILES string of the molecule is N=C(C1=NOCCO1)c1ccccc1CSc1ccn(-c2ccc(Cl)cc2)n1. The lowest BCUT2D eigenvalue weighted by Gasteiger charge is -2.15. The summed E-state index contributed by atoms with van der Waals surface area (Å²) in [6, 6.07) is 17.2. The highest BCUT2D eigenvalue weighted by atomic mass is 35.5. The molecule has 0 amide bonds. The first-order valence-electron chi connectivity index (χ1n) is 8.65. The molecule has 6 nitrogen and oxygen atoms in total. The van der Waals surface area contributed by atoms with E-state index in [4.69, 9.17) is 26.6 Å². The molecule has 0 unspecified atom stereocenters. The smallest absolute Gasteiger partial charge is 0.276 e. The van der Waals surface area contributed by atoms with Crippen LogP contribution in [-0.2, 0) is 15.3 Å². The van der Waals surface area contributed by atoms with E-state index in [1.165, 1.54) is 0 Å². The van der Waals surface area contributed by atoms with Crippen molar-refractivity contribution in [2.24, 2.45) is 5.16 Å². The molecule has 0 saturated carbocycles. The Morgan fingerprint density at radius 3 is 2.71 bits per heavy atom. The van der Waals surface area contributed by atoms with Gasteiger partial charge in [-0.2, -0.15) is 5.10 Å². The Morgan fingerprint density at radius 2 is 1.93 bits per heavy atom. The number of oxime groups is 1. The topological polar surface area (TPSA) is 72.5 Å². The Kier molecular flexibility index (Phi) is 5.64. The molecule has 0 aliphatic carbocycles. The van der Waals surface area contributed by atoms with Crippen LogP contribution in [0.3, 0.4) is 0 Å². The van der Waals surface area contributed by atoms with E-state index in [0.29, 0.717) is 24.0 Å². The maximum atomic E-state index is 8.41. The van der Waals surface area contributed by atoms with E-state index in [9.17, 15) is 0 Å². The van der Waals surface area contributed by atoms with E-state index < -0.39 is 0 Å². The van der Waals surface area contributed by atoms with Crippen LogP contribution in [0.2, 0.25) is 5.02 Å². The third-order valence-corrected chi connectivity index (χ3v) is 5.31. The molecule has 0 atom stereocenters. The largest absolute Gasteiger partial charge is 0.470 e. The average molecular weight is 413 g/mol. The summed E-state index contributed by atoms with van der Waals surface area (Å²) in [4.78, 5) is 5.04. The predicted molar refractivity (Wildman–Crippen MR) is 111 cm³/mol. The van der Waals surface area contributed by atoms with Gasteiger partial charge in [-0.15, -0.1) is 0 Å². The van der Waals surface area contributed by atoms with E-state index in [1.807, 2.05) is 65.5 Å². The van der Waals surface area contributed by atoms with Gasteiger partial charge in [-0.05, 0) is 41.1 Å². The Bertz CT molecular complexity index is 1020. The minimum atomic E-state index is 0.218. The van der Waals surface area contributed by atoms with Crippen LogP contribution in [0.4, 0.5) is 0 Å². The first-order chi connectivity index (χ1) is 13.7. The Labute approximate surface area is 171 Å². The lowest BCUT2D eigenvalue weighted by Crippen LogP contribution is -2.25. The van der Waals surface area contributed by atoms with E-state index in [2.05, 4.69) is 10.3 Å². The van der Waals surface area contributed by atoms with Crippen molar-refractivity contribution in [2.45, 2.75) is 10.8 Å². The van der Waals surface area contributed by atoms with Crippen molar-refractivity contribution in [1.29, 1.82) is 5.41 Å². The molecule has 1 aromatic heterocycles. The van der Waals surface area contributed by atoms with Crippen molar-refractivity contribution in [3.8, 4) is 5.69 Å². The van der Waals surface area contributed by atoms with Gasteiger partial charge in [0.05, 0.1) is 5.69 Å². The summed E-state index contributed by atoms with van der Waals surface area (Å²) >= 11 is 7.55. The van der Waals surface area contributed by atoms with Gasteiger partial charge in [0.25, 0.3) is 5.90 Å². The number of rotatable bonds is 6. The number of halogens is 1. The van der Waals surface area contributed by atoms with Crippen molar-refractivity contribution in [3.05, 3.63) is 76.9 Å². The zero-order valence-corrected chi connectivity index (χ0v) is 16.4. The zero-order valence-electron chi connectivity index (χ0n) is 14.8. The average Bonchev–Trinajstić information content (AvgIpc) is 3.22. The maximum Gasteiger partial charge on any atom is 0.276 e. The van der Waals surface area contributed by atoms with Gasteiger partial charge < -0.3 is 9.57 Å². The molecule has 0 saturated heterocycles. The van der Waals surface area contributed by atoms with Gasteiger partial charge >= 0.3 is 0 Å². The van der Waals surface area contributed by atoms with E-state index >= 15 is 0 Å². The van der Waals surface area contributed by atoms with Crippen molar-refractivity contribution < 1.29 is 9.57 Å². The zero-order chi connectivity index (χ0) is 19.3. The number of benzene rings is 2. The molecule has 1 N–H and O–H groups in total. The molecule has 0 radical (unpaired) electrons. The fourth-order valence-electron chi connectivity index (χ4n) is 2.70.